The molecule has 3 aromatic heterocycles. The maximum atomic E-state index is 10.9. The molecule has 1 N–H and O–H groups in total. The Bertz CT molecular complexity index is 1260. The van der Waals surface area contributed by atoms with Gasteiger partial charge in [0.05, 0.1) is 16.5 Å². The first-order chi connectivity index (χ1) is 15.1. The first-order valence-electron chi connectivity index (χ1n) is 9.71. The number of nitrogens with one attached hydrogen (secondary N) is 1. The van der Waals surface area contributed by atoms with E-state index in [2.05, 4.69) is 11.4 Å². The second-order valence-electron chi connectivity index (χ2n) is 6.83. The fourth-order valence-corrected chi connectivity index (χ4v) is 3.87. The van der Waals surface area contributed by atoms with Gasteiger partial charge in [0, 0.05) is 18.5 Å². The molecule has 3 heterocycles. The molecular weight excluding hydrogens is 433 g/mol. The van der Waals surface area contributed by atoms with E-state index in [9.17, 15) is 15.2 Å². The number of carbonyl (C=O) groups is 1. The number of thiophene rings is 1. The normalized spacial score (nSPS) is 10.2. The third kappa shape index (κ3) is 5.12. The van der Waals surface area contributed by atoms with Crippen molar-refractivity contribution >= 4 is 23.1 Å². The van der Waals surface area contributed by atoms with Crippen LogP contribution in [0.1, 0.15) is 34.2 Å². The summed E-state index contributed by atoms with van der Waals surface area (Å²) in [5.74, 6) is 0.693. The molecule has 4 rings (SSSR count). The monoisotopic (exact) mass is 451 g/mol. The smallest absolute Gasteiger partial charge is 0.545 e. The molecule has 0 fully saturated rings. The quantitative estimate of drug-likeness (QED) is 0.427. The van der Waals surface area contributed by atoms with Crippen molar-refractivity contribution in [1.29, 1.82) is 5.26 Å². The van der Waals surface area contributed by atoms with E-state index >= 15 is 0 Å². The molecule has 6 nitrogen and oxygen atoms in total. The first kappa shape index (κ1) is 23.8. The number of hydrogen-bond donors (Lipinski definition) is 1. The minimum atomic E-state index is -1.22. The Morgan fingerprint density at radius 2 is 2.00 bits per heavy atom. The number of furan rings is 1. The van der Waals surface area contributed by atoms with Gasteiger partial charge >= 0.3 is 29.6 Å². The Labute approximate surface area is 211 Å². The Hall–Kier alpha value is -2.89. The number of carboxylic acids is 1. The van der Waals surface area contributed by atoms with E-state index in [1.807, 2.05) is 42.6 Å². The van der Waals surface area contributed by atoms with Crippen LogP contribution in [0.25, 0.3) is 21.9 Å². The molecule has 0 aliphatic rings. The summed E-state index contributed by atoms with van der Waals surface area (Å²) in [5, 5.41) is 26.0. The Morgan fingerprint density at radius 3 is 2.59 bits per heavy atom. The summed E-state index contributed by atoms with van der Waals surface area (Å²) < 4.78 is 5.92. The number of nitriles is 1. The third-order valence-electron chi connectivity index (χ3n) is 4.83. The van der Waals surface area contributed by atoms with E-state index in [1.54, 1.807) is 23.5 Å². The van der Waals surface area contributed by atoms with Gasteiger partial charge in [0.15, 0.2) is 0 Å². The summed E-state index contributed by atoms with van der Waals surface area (Å²) in [5.41, 5.74) is 2.78. The number of anilines is 1. The number of carbonyl (C=O) groups excluding carboxylic acids is 1. The van der Waals surface area contributed by atoms with Crippen molar-refractivity contribution < 1.29 is 43.9 Å². The Morgan fingerprint density at radius 1 is 1.22 bits per heavy atom. The zero-order valence-corrected chi connectivity index (χ0v) is 20.5. The van der Waals surface area contributed by atoms with Gasteiger partial charge in [-0.2, -0.15) is 5.26 Å². The number of hydrogen-bond acceptors (Lipinski definition) is 7. The van der Waals surface area contributed by atoms with Crippen molar-refractivity contribution in [1.82, 2.24) is 4.98 Å². The van der Waals surface area contributed by atoms with Crippen molar-refractivity contribution in [2.24, 2.45) is 0 Å². The third-order valence-corrected chi connectivity index (χ3v) is 5.72. The van der Waals surface area contributed by atoms with Crippen molar-refractivity contribution in [2.75, 3.05) is 5.32 Å². The standard InChI is InChI=1S/C24H19N3O3S.Na/c1-2-17-9-10-21(30-17)18-12-20(22-4-3-11-31-22)27-23(19(18)13-25)26-14-15-5-7-16(8-6-15)24(28)29;/h3-12H,2,14H2,1H3,(H,26,27)(H,28,29);/q;+1/p-1. The van der Waals surface area contributed by atoms with E-state index in [0.29, 0.717) is 29.2 Å². The molecule has 0 bridgehead atoms. The van der Waals surface area contributed by atoms with Crippen molar-refractivity contribution in [2.45, 2.75) is 19.9 Å². The van der Waals surface area contributed by atoms with Crippen LogP contribution in [-0.4, -0.2) is 11.0 Å². The molecule has 0 atom stereocenters. The first-order valence-corrected chi connectivity index (χ1v) is 10.6. The Kier molecular flexibility index (Phi) is 7.89. The summed E-state index contributed by atoms with van der Waals surface area (Å²) in [6, 6.07) is 18.2. The van der Waals surface area contributed by atoms with Crippen molar-refractivity contribution in [3.8, 4) is 28.0 Å². The maximum absolute atomic E-state index is 10.9. The average molecular weight is 451 g/mol. The predicted molar refractivity (Wildman–Crippen MR) is 117 cm³/mol. The van der Waals surface area contributed by atoms with Gasteiger partial charge in [-0.25, -0.2) is 4.98 Å². The number of nitrogens with zero attached hydrogens (tertiary/aromatic N) is 2. The van der Waals surface area contributed by atoms with Gasteiger partial charge in [-0.3, -0.25) is 0 Å². The molecule has 0 saturated carbocycles. The SMILES string of the molecule is CCc1ccc(-c2cc(-c3cccs3)nc(NCc3ccc(C(=O)[O-])cc3)c2C#N)o1.[Na+]. The molecule has 0 unspecified atom stereocenters. The van der Waals surface area contributed by atoms with Crippen molar-refractivity contribution in [3.63, 3.8) is 0 Å². The second kappa shape index (κ2) is 10.6. The van der Waals surface area contributed by atoms with E-state index in [0.717, 1.165) is 28.3 Å². The number of aromatic carboxylic acids is 1. The number of rotatable bonds is 7. The number of pyridine rings is 1. The van der Waals surface area contributed by atoms with E-state index in [1.165, 1.54) is 12.1 Å². The summed E-state index contributed by atoms with van der Waals surface area (Å²) in [6.45, 7) is 2.39. The summed E-state index contributed by atoms with van der Waals surface area (Å²) in [6.07, 6.45) is 0.762. The molecular formula is C24H18N3NaO3S. The fraction of sp³-hybridized carbons (Fsp3) is 0.125. The zero-order chi connectivity index (χ0) is 21.8. The molecule has 1 aromatic carbocycles. The average Bonchev–Trinajstić information content (AvgIpc) is 3.49. The number of aryl methyl sites for hydroxylation is 1. The number of aromatic nitrogens is 1. The van der Waals surface area contributed by atoms with E-state index in [4.69, 9.17) is 9.40 Å². The zero-order valence-electron chi connectivity index (χ0n) is 17.7. The van der Waals surface area contributed by atoms with Gasteiger partial charge in [0.2, 0.25) is 0 Å². The topological polar surface area (TPSA) is 102 Å². The molecule has 0 spiro atoms. The van der Waals surface area contributed by atoms with Gasteiger partial charge in [-0.15, -0.1) is 11.3 Å². The minimum Gasteiger partial charge on any atom is -0.545 e. The minimum absolute atomic E-state index is 0. The fourth-order valence-electron chi connectivity index (χ4n) is 3.19. The summed E-state index contributed by atoms with van der Waals surface area (Å²) >= 11 is 1.57. The van der Waals surface area contributed by atoms with Gasteiger partial charge < -0.3 is 19.6 Å². The van der Waals surface area contributed by atoms with Crippen LogP contribution in [0, 0.1) is 11.3 Å². The van der Waals surface area contributed by atoms with Crippen LogP contribution in [0.2, 0.25) is 0 Å². The van der Waals surface area contributed by atoms with Gasteiger partial charge in [-0.1, -0.05) is 37.3 Å². The van der Waals surface area contributed by atoms with Crippen LogP contribution in [-0.2, 0) is 13.0 Å². The van der Waals surface area contributed by atoms with Crippen LogP contribution in [0.15, 0.2) is 64.4 Å². The van der Waals surface area contributed by atoms with Crippen LogP contribution >= 0.6 is 11.3 Å². The molecule has 0 amide bonds. The molecule has 0 aliphatic carbocycles. The van der Waals surface area contributed by atoms with Gasteiger partial charge in [0.1, 0.15) is 29.0 Å². The number of carboxylic acid groups (broad SMARTS) is 1. The summed E-state index contributed by atoms with van der Waals surface area (Å²) in [7, 11) is 0. The van der Waals surface area contributed by atoms with Crippen LogP contribution in [0.4, 0.5) is 5.82 Å². The van der Waals surface area contributed by atoms with Gasteiger partial charge in [0.25, 0.3) is 0 Å². The molecule has 32 heavy (non-hydrogen) atoms. The molecule has 4 aromatic rings. The van der Waals surface area contributed by atoms with Crippen LogP contribution < -0.4 is 40.0 Å². The second-order valence-corrected chi connectivity index (χ2v) is 7.77. The van der Waals surface area contributed by atoms with Gasteiger partial charge in [-0.05, 0) is 40.8 Å². The van der Waals surface area contributed by atoms with Crippen LogP contribution in [0.5, 0.6) is 0 Å². The van der Waals surface area contributed by atoms with E-state index in [-0.39, 0.29) is 35.1 Å². The van der Waals surface area contributed by atoms with E-state index < -0.39 is 5.97 Å². The number of benzene rings is 1. The molecule has 0 radical (unpaired) electrons. The molecule has 154 valence electrons. The largest absolute Gasteiger partial charge is 1.00 e. The van der Waals surface area contributed by atoms with Crippen LogP contribution in [0.3, 0.4) is 0 Å². The maximum Gasteiger partial charge on any atom is 1.00 e. The summed E-state index contributed by atoms with van der Waals surface area (Å²) in [4.78, 5) is 16.6. The molecule has 0 saturated heterocycles. The van der Waals surface area contributed by atoms with Crippen molar-refractivity contribution in [3.05, 3.63) is 82.4 Å². The molecule has 0 aliphatic heterocycles. The molecule has 8 heteroatoms. The predicted octanol–water partition coefficient (Wildman–Crippen LogP) is 1.48. The Balaban J connectivity index is 0.00000289.